The van der Waals surface area contributed by atoms with E-state index < -0.39 is 0 Å². The molecule has 20 heavy (non-hydrogen) atoms. The molecule has 1 heterocycles. The van der Waals surface area contributed by atoms with Crippen molar-refractivity contribution < 1.29 is 4.74 Å². The summed E-state index contributed by atoms with van der Waals surface area (Å²) in [5.41, 5.74) is 8.34. The van der Waals surface area contributed by atoms with Gasteiger partial charge in [0.1, 0.15) is 5.82 Å². The summed E-state index contributed by atoms with van der Waals surface area (Å²) in [6, 6.07) is 0.588. The summed E-state index contributed by atoms with van der Waals surface area (Å²) in [5, 5.41) is 4.59. The molecule has 2 atom stereocenters. The van der Waals surface area contributed by atoms with Crippen molar-refractivity contribution in [3.8, 4) is 0 Å². The minimum Gasteiger partial charge on any atom is -0.383 e. The Labute approximate surface area is 123 Å². The molecule has 0 bridgehead atoms. The summed E-state index contributed by atoms with van der Waals surface area (Å²) in [5.74, 6) is 1.19. The van der Waals surface area contributed by atoms with Crippen molar-refractivity contribution in [3.63, 3.8) is 0 Å². The molecule has 0 saturated carbocycles. The van der Waals surface area contributed by atoms with Crippen molar-refractivity contribution in [3.05, 3.63) is 11.3 Å². The van der Waals surface area contributed by atoms with E-state index >= 15 is 0 Å². The molecule has 1 aromatic rings. The maximum Gasteiger partial charge on any atom is 0.130 e. The topological polar surface area (TPSA) is 56.3 Å². The van der Waals surface area contributed by atoms with Crippen molar-refractivity contribution in [1.29, 1.82) is 0 Å². The normalized spacial score (nSPS) is 14.3. The summed E-state index contributed by atoms with van der Waals surface area (Å²) >= 11 is 0. The van der Waals surface area contributed by atoms with Crippen LogP contribution in [0.15, 0.2) is 0 Å². The first-order chi connectivity index (χ1) is 9.42. The van der Waals surface area contributed by atoms with Gasteiger partial charge in [-0.15, -0.1) is 0 Å². The van der Waals surface area contributed by atoms with Crippen LogP contribution < -0.4 is 10.6 Å². The van der Waals surface area contributed by atoms with Gasteiger partial charge in [-0.2, -0.15) is 5.10 Å². The summed E-state index contributed by atoms with van der Waals surface area (Å²) in [6.45, 7) is 10.1. The molecule has 0 aromatic carbocycles. The Balaban J connectivity index is 3.16. The minimum atomic E-state index is 0.137. The molecule has 5 heteroatoms. The van der Waals surface area contributed by atoms with Crippen LogP contribution >= 0.6 is 0 Å². The van der Waals surface area contributed by atoms with Gasteiger partial charge in [-0.1, -0.05) is 6.92 Å². The quantitative estimate of drug-likeness (QED) is 0.791. The zero-order valence-corrected chi connectivity index (χ0v) is 13.8. The molecule has 1 aromatic heterocycles. The van der Waals surface area contributed by atoms with Crippen LogP contribution in [0.4, 0.5) is 5.82 Å². The molecule has 0 aliphatic rings. The van der Waals surface area contributed by atoms with Crippen LogP contribution in [0.25, 0.3) is 0 Å². The van der Waals surface area contributed by atoms with E-state index in [1.807, 2.05) is 18.7 Å². The van der Waals surface area contributed by atoms with Crippen LogP contribution in [0.3, 0.4) is 0 Å². The van der Waals surface area contributed by atoms with Crippen molar-refractivity contribution in [2.45, 2.75) is 52.6 Å². The van der Waals surface area contributed by atoms with Crippen LogP contribution in [0.2, 0.25) is 0 Å². The van der Waals surface area contributed by atoms with E-state index in [-0.39, 0.29) is 6.04 Å². The van der Waals surface area contributed by atoms with E-state index in [1.54, 1.807) is 7.11 Å². The van der Waals surface area contributed by atoms with Gasteiger partial charge in [0.05, 0.1) is 12.3 Å². The zero-order chi connectivity index (χ0) is 15.3. The average Bonchev–Trinajstić information content (AvgIpc) is 2.65. The smallest absolute Gasteiger partial charge is 0.130 e. The molecule has 116 valence electrons. The second-order valence-corrected chi connectivity index (χ2v) is 5.64. The highest BCUT2D eigenvalue weighted by Crippen LogP contribution is 2.26. The van der Waals surface area contributed by atoms with Crippen LogP contribution in [0.1, 0.15) is 38.4 Å². The van der Waals surface area contributed by atoms with E-state index in [0.717, 1.165) is 25.1 Å². The Morgan fingerprint density at radius 1 is 1.40 bits per heavy atom. The molecule has 1 rings (SSSR count). The van der Waals surface area contributed by atoms with Gasteiger partial charge in [0.15, 0.2) is 0 Å². The first-order valence-electron chi connectivity index (χ1n) is 7.45. The number of aromatic nitrogens is 2. The minimum absolute atomic E-state index is 0.137. The Morgan fingerprint density at radius 2 is 2.05 bits per heavy atom. The highest BCUT2D eigenvalue weighted by Gasteiger charge is 2.23. The van der Waals surface area contributed by atoms with Gasteiger partial charge in [0.2, 0.25) is 0 Å². The number of methoxy groups -OCH3 is 1. The zero-order valence-electron chi connectivity index (χ0n) is 13.8. The first-order valence-corrected chi connectivity index (χ1v) is 7.45. The summed E-state index contributed by atoms with van der Waals surface area (Å²) in [7, 11) is 3.75. The van der Waals surface area contributed by atoms with Gasteiger partial charge in [0, 0.05) is 38.3 Å². The van der Waals surface area contributed by atoms with Gasteiger partial charge in [0.25, 0.3) is 0 Å². The van der Waals surface area contributed by atoms with Gasteiger partial charge in [-0.3, -0.25) is 4.68 Å². The van der Waals surface area contributed by atoms with Gasteiger partial charge in [-0.25, -0.2) is 0 Å². The third-order valence-corrected chi connectivity index (χ3v) is 3.77. The molecular weight excluding hydrogens is 252 g/mol. The Hall–Kier alpha value is -1.07. The molecule has 0 amide bonds. The third-order valence-electron chi connectivity index (χ3n) is 3.77. The highest BCUT2D eigenvalue weighted by molar-refractivity contribution is 5.51. The summed E-state index contributed by atoms with van der Waals surface area (Å²) in [4.78, 5) is 2.39. The van der Waals surface area contributed by atoms with Crippen molar-refractivity contribution in [2.24, 2.45) is 12.8 Å². The second-order valence-electron chi connectivity index (χ2n) is 5.64. The molecule has 0 radical (unpaired) electrons. The fourth-order valence-corrected chi connectivity index (χ4v) is 2.56. The lowest BCUT2D eigenvalue weighted by atomic mass is 10.1. The third kappa shape index (κ3) is 3.96. The Morgan fingerprint density at radius 3 is 2.55 bits per heavy atom. The van der Waals surface area contributed by atoms with Crippen molar-refractivity contribution in [2.75, 3.05) is 25.2 Å². The van der Waals surface area contributed by atoms with E-state index in [0.29, 0.717) is 12.6 Å². The Kier molecular flexibility index (Phi) is 6.49. The van der Waals surface area contributed by atoms with E-state index in [9.17, 15) is 0 Å². The number of rotatable bonds is 8. The lowest BCUT2D eigenvalue weighted by Crippen LogP contribution is -2.37. The van der Waals surface area contributed by atoms with Gasteiger partial charge in [-0.05, 0) is 33.6 Å². The number of nitrogens with two attached hydrogens (primary N) is 1. The number of aryl methyl sites for hydroxylation is 2. The lowest BCUT2D eigenvalue weighted by molar-refractivity contribution is 0.203. The maximum atomic E-state index is 6.00. The molecule has 0 aliphatic carbocycles. The molecule has 2 N–H and O–H groups in total. The molecule has 5 nitrogen and oxygen atoms in total. The molecule has 0 aliphatic heterocycles. The van der Waals surface area contributed by atoms with Crippen molar-refractivity contribution in [1.82, 2.24) is 9.78 Å². The number of hydrogen-bond acceptors (Lipinski definition) is 4. The largest absolute Gasteiger partial charge is 0.383 e. The fraction of sp³-hybridized carbons (Fsp3) is 0.800. The van der Waals surface area contributed by atoms with E-state index in [4.69, 9.17) is 10.5 Å². The number of nitrogens with zero attached hydrogens (tertiary/aromatic N) is 3. The fourth-order valence-electron chi connectivity index (χ4n) is 2.56. The number of ether oxygens (including phenoxy) is 1. The molecular formula is C15H30N4O. The molecule has 0 fully saturated rings. The maximum absolute atomic E-state index is 6.00. The SMILES string of the molecule is CCC(C)N(CCOC)c1c(CC(C)N)c(C)nn1C. The average molecular weight is 282 g/mol. The number of hydrogen-bond donors (Lipinski definition) is 1. The van der Waals surface area contributed by atoms with Gasteiger partial charge >= 0.3 is 0 Å². The standard InChI is InChI=1S/C15H30N4O/c1-7-12(3)19(8-9-20-6)15-14(10-11(2)16)13(4)17-18(15)5/h11-12H,7-10,16H2,1-6H3. The van der Waals surface area contributed by atoms with Gasteiger partial charge < -0.3 is 15.4 Å². The summed E-state index contributed by atoms with van der Waals surface area (Å²) < 4.78 is 7.24. The van der Waals surface area contributed by atoms with Crippen LogP contribution in [0.5, 0.6) is 0 Å². The predicted molar refractivity (Wildman–Crippen MR) is 84.3 cm³/mol. The molecule has 2 unspecified atom stereocenters. The van der Waals surface area contributed by atoms with Crippen molar-refractivity contribution >= 4 is 5.82 Å². The second kappa shape index (κ2) is 7.64. The van der Waals surface area contributed by atoms with Crippen LogP contribution in [-0.2, 0) is 18.2 Å². The first kappa shape index (κ1) is 17.0. The highest BCUT2D eigenvalue weighted by atomic mass is 16.5. The van der Waals surface area contributed by atoms with E-state index in [2.05, 4.69) is 30.8 Å². The van der Waals surface area contributed by atoms with E-state index in [1.165, 1.54) is 11.4 Å². The lowest BCUT2D eigenvalue weighted by Gasteiger charge is -2.31. The van der Waals surface area contributed by atoms with Crippen LogP contribution in [-0.4, -0.2) is 42.1 Å². The van der Waals surface area contributed by atoms with Crippen LogP contribution in [0, 0.1) is 6.92 Å². The number of anilines is 1. The Bertz CT molecular complexity index is 414. The molecule has 0 saturated heterocycles. The monoisotopic (exact) mass is 282 g/mol. The predicted octanol–water partition coefficient (Wildman–Crippen LogP) is 1.87. The summed E-state index contributed by atoms with van der Waals surface area (Å²) in [6.07, 6.45) is 1.94. The molecule has 0 spiro atoms.